The number of nitrogens with zero attached hydrogens (tertiary/aromatic N) is 2. The topological polar surface area (TPSA) is 98.2 Å². The summed E-state index contributed by atoms with van der Waals surface area (Å²) >= 11 is 0. The molecule has 1 aromatic carbocycles. The fourth-order valence-electron chi connectivity index (χ4n) is 3.38. The van der Waals surface area contributed by atoms with Crippen LogP contribution in [0.5, 0.6) is 0 Å². The Balaban J connectivity index is 1.55. The minimum atomic E-state index is -3.37. The number of ether oxygens (including phenoxy) is 1. The summed E-state index contributed by atoms with van der Waals surface area (Å²) in [5.41, 5.74) is 1.08. The van der Waals surface area contributed by atoms with Gasteiger partial charge in [-0.1, -0.05) is 18.2 Å². The van der Waals surface area contributed by atoms with Crippen molar-refractivity contribution in [1.82, 2.24) is 15.3 Å². The molecule has 2 heterocycles. The van der Waals surface area contributed by atoms with Crippen molar-refractivity contribution in [2.45, 2.75) is 49.4 Å². The van der Waals surface area contributed by atoms with Crippen LogP contribution in [0.2, 0.25) is 0 Å². The lowest BCUT2D eigenvalue weighted by Crippen LogP contribution is -2.37. The van der Waals surface area contributed by atoms with Crippen LogP contribution >= 0.6 is 0 Å². The van der Waals surface area contributed by atoms with E-state index >= 15 is 0 Å². The molecular weight excluding hydrogens is 378 g/mol. The maximum atomic E-state index is 12.8. The van der Waals surface area contributed by atoms with Crippen molar-refractivity contribution in [1.29, 1.82) is 0 Å². The van der Waals surface area contributed by atoms with Crippen molar-refractivity contribution < 1.29 is 17.9 Å². The standard InChI is InChI=1S/C20H25N3O4S/c1-14-19(13-22-15(2)23-14)20(24)21-10-8-16-12-18(9-11-27-16)28(25,26)17-6-4-3-5-7-17/h3-7,13,16,18H,8-12H2,1-2H3,(H,21,24)/t16-,18+/m1/s1. The molecule has 7 nitrogen and oxygen atoms in total. The molecule has 0 aliphatic carbocycles. The second-order valence-electron chi connectivity index (χ2n) is 6.96. The van der Waals surface area contributed by atoms with Crippen molar-refractivity contribution in [3.05, 3.63) is 53.6 Å². The molecule has 3 rings (SSSR count). The van der Waals surface area contributed by atoms with Crippen LogP contribution in [0.4, 0.5) is 0 Å². The van der Waals surface area contributed by atoms with Crippen LogP contribution in [0.25, 0.3) is 0 Å². The summed E-state index contributed by atoms with van der Waals surface area (Å²) < 4.78 is 31.4. The lowest BCUT2D eigenvalue weighted by molar-refractivity contribution is 0.0132. The first-order chi connectivity index (χ1) is 13.4. The van der Waals surface area contributed by atoms with Gasteiger partial charge in [0, 0.05) is 19.3 Å². The molecule has 1 fully saturated rings. The highest BCUT2D eigenvalue weighted by molar-refractivity contribution is 7.92. The summed E-state index contributed by atoms with van der Waals surface area (Å²) in [6.45, 7) is 4.34. The number of amides is 1. The van der Waals surface area contributed by atoms with Gasteiger partial charge < -0.3 is 10.1 Å². The van der Waals surface area contributed by atoms with Gasteiger partial charge in [-0.15, -0.1) is 0 Å². The van der Waals surface area contributed by atoms with E-state index in [0.29, 0.717) is 54.4 Å². The highest BCUT2D eigenvalue weighted by Gasteiger charge is 2.33. The van der Waals surface area contributed by atoms with E-state index in [2.05, 4.69) is 15.3 Å². The molecule has 1 N–H and O–H groups in total. The number of nitrogens with one attached hydrogen (secondary N) is 1. The number of aryl methyl sites for hydroxylation is 2. The Morgan fingerprint density at radius 2 is 2.00 bits per heavy atom. The molecule has 8 heteroatoms. The fourth-order valence-corrected chi connectivity index (χ4v) is 5.17. The third kappa shape index (κ3) is 4.74. The van der Waals surface area contributed by atoms with Gasteiger partial charge in [0.1, 0.15) is 5.82 Å². The van der Waals surface area contributed by atoms with Crippen molar-refractivity contribution in [2.24, 2.45) is 0 Å². The molecule has 28 heavy (non-hydrogen) atoms. The average Bonchev–Trinajstić information content (AvgIpc) is 2.69. The fraction of sp³-hybridized carbons (Fsp3) is 0.450. The predicted molar refractivity (Wildman–Crippen MR) is 105 cm³/mol. The van der Waals surface area contributed by atoms with Gasteiger partial charge in [-0.25, -0.2) is 18.4 Å². The number of aromatic nitrogens is 2. The highest BCUT2D eigenvalue weighted by atomic mass is 32.2. The van der Waals surface area contributed by atoms with Gasteiger partial charge in [-0.05, 0) is 45.2 Å². The lowest BCUT2D eigenvalue weighted by atomic mass is 10.1. The van der Waals surface area contributed by atoms with E-state index in [4.69, 9.17) is 4.74 Å². The number of carbonyl (C=O) groups excluding carboxylic acids is 1. The van der Waals surface area contributed by atoms with E-state index in [-0.39, 0.29) is 12.0 Å². The van der Waals surface area contributed by atoms with Crippen LogP contribution in [0, 0.1) is 13.8 Å². The second kappa shape index (κ2) is 8.79. The minimum Gasteiger partial charge on any atom is -0.378 e. The summed E-state index contributed by atoms with van der Waals surface area (Å²) in [5, 5.41) is 2.38. The van der Waals surface area contributed by atoms with Gasteiger partial charge in [0.2, 0.25) is 0 Å². The van der Waals surface area contributed by atoms with Crippen LogP contribution in [-0.2, 0) is 14.6 Å². The van der Waals surface area contributed by atoms with Crippen LogP contribution in [0.1, 0.15) is 41.1 Å². The highest BCUT2D eigenvalue weighted by Crippen LogP contribution is 2.27. The Hall–Kier alpha value is -2.32. The maximum Gasteiger partial charge on any atom is 0.254 e. The molecule has 0 bridgehead atoms. The minimum absolute atomic E-state index is 0.201. The molecule has 1 aromatic heterocycles. The Bertz CT molecular complexity index is 932. The van der Waals surface area contributed by atoms with Crippen molar-refractivity contribution in [3.63, 3.8) is 0 Å². The average molecular weight is 404 g/mol. The van der Waals surface area contributed by atoms with E-state index in [0.717, 1.165) is 0 Å². The number of rotatable bonds is 6. The summed E-state index contributed by atoms with van der Waals surface area (Å²) in [6, 6.07) is 8.53. The van der Waals surface area contributed by atoms with Gasteiger partial charge in [-0.3, -0.25) is 4.79 Å². The lowest BCUT2D eigenvalue weighted by Gasteiger charge is -2.29. The Kier molecular flexibility index (Phi) is 6.41. The number of carbonyl (C=O) groups is 1. The van der Waals surface area contributed by atoms with Crippen molar-refractivity contribution in [2.75, 3.05) is 13.2 Å². The summed E-state index contributed by atoms with van der Waals surface area (Å²) in [4.78, 5) is 20.9. The maximum absolute atomic E-state index is 12.8. The summed E-state index contributed by atoms with van der Waals surface area (Å²) in [7, 11) is -3.37. The molecule has 1 saturated heterocycles. The molecule has 0 spiro atoms. The Morgan fingerprint density at radius 3 is 2.71 bits per heavy atom. The predicted octanol–water partition coefficient (Wildman–Crippen LogP) is 2.23. The molecule has 2 aromatic rings. The van der Waals surface area contributed by atoms with E-state index in [1.54, 1.807) is 44.2 Å². The molecule has 1 amide bonds. The first-order valence-corrected chi connectivity index (χ1v) is 10.9. The van der Waals surface area contributed by atoms with E-state index < -0.39 is 15.1 Å². The molecule has 1 aliphatic heterocycles. The van der Waals surface area contributed by atoms with Gasteiger partial charge >= 0.3 is 0 Å². The molecular formula is C20H25N3O4S. The Labute approximate surface area is 165 Å². The van der Waals surface area contributed by atoms with Crippen molar-refractivity contribution in [3.8, 4) is 0 Å². The smallest absolute Gasteiger partial charge is 0.254 e. The second-order valence-corrected chi connectivity index (χ2v) is 9.19. The molecule has 1 aliphatic rings. The van der Waals surface area contributed by atoms with Crippen LogP contribution in [0.15, 0.2) is 41.4 Å². The van der Waals surface area contributed by atoms with Crippen LogP contribution < -0.4 is 5.32 Å². The van der Waals surface area contributed by atoms with Gasteiger partial charge in [0.25, 0.3) is 5.91 Å². The van der Waals surface area contributed by atoms with E-state index in [9.17, 15) is 13.2 Å². The molecule has 0 radical (unpaired) electrons. The van der Waals surface area contributed by atoms with Gasteiger partial charge in [0.05, 0.1) is 27.5 Å². The zero-order valence-electron chi connectivity index (χ0n) is 16.1. The third-order valence-corrected chi connectivity index (χ3v) is 7.16. The number of sulfone groups is 1. The Morgan fingerprint density at radius 1 is 1.25 bits per heavy atom. The molecule has 2 atom stereocenters. The zero-order chi connectivity index (χ0) is 20.1. The van der Waals surface area contributed by atoms with Gasteiger partial charge in [-0.2, -0.15) is 0 Å². The van der Waals surface area contributed by atoms with Crippen LogP contribution in [-0.4, -0.2) is 48.8 Å². The number of hydrogen-bond donors (Lipinski definition) is 1. The molecule has 150 valence electrons. The molecule has 0 saturated carbocycles. The normalized spacial score (nSPS) is 19.9. The SMILES string of the molecule is Cc1ncc(C(=O)NCC[C@@H]2C[C@@H](S(=O)(=O)c3ccccc3)CCO2)c(C)n1. The number of benzene rings is 1. The number of hydrogen-bond acceptors (Lipinski definition) is 6. The quantitative estimate of drug-likeness (QED) is 0.794. The van der Waals surface area contributed by atoms with E-state index in [1.807, 2.05) is 0 Å². The first kappa shape index (κ1) is 20.4. The van der Waals surface area contributed by atoms with Gasteiger partial charge in [0.15, 0.2) is 9.84 Å². The summed E-state index contributed by atoms with van der Waals surface area (Å²) in [5.74, 6) is 0.386. The van der Waals surface area contributed by atoms with E-state index in [1.165, 1.54) is 6.20 Å². The summed E-state index contributed by atoms with van der Waals surface area (Å²) in [6.07, 6.45) is 2.79. The van der Waals surface area contributed by atoms with Crippen molar-refractivity contribution >= 4 is 15.7 Å². The first-order valence-electron chi connectivity index (χ1n) is 9.37. The third-order valence-electron chi connectivity index (χ3n) is 4.93. The molecule has 0 unspecified atom stereocenters. The monoisotopic (exact) mass is 403 g/mol. The van der Waals surface area contributed by atoms with Crippen LogP contribution in [0.3, 0.4) is 0 Å². The zero-order valence-corrected chi connectivity index (χ0v) is 16.9. The largest absolute Gasteiger partial charge is 0.378 e.